The number of aliphatic imine (C=N–C) groups is 1. The van der Waals surface area contributed by atoms with Crippen molar-refractivity contribution in [3.05, 3.63) is 89.4 Å². The van der Waals surface area contributed by atoms with Crippen LogP contribution in [0.15, 0.2) is 83.9 Å². The van der Waals surface area contributed by atoms with Crippen LogP contribution in [-0.4, -0.2) is 24.7 Å². The number of hydrogen-bond donors (Lipinski definition) is 0. The van der Waals surface area contributed by atoms with E-state index in [1.54, 1.807) is 0 Å². The average molecular weight is 498 g/mol. The van der Waals surface area contributed by atoms with Gasteiger partial charge in [0.15, 0.2) is 5.78 Å². The third-order valence-electron chi connectivity index (χ3n) is 5.42. The molecule has 31 heavy (non-hydrogen) atoms. The number of anilines is 1. The lowest BCUT2D eigenvalue weighted by molar-refractivity contribution is 0.100. The van der Waals surface area contributed by atoms with Crippen LogP contribution in [0, 0.1) is 0 Å². The highest BCUT2D eigenvalue weighted by Crippen LogP contribution is 2.23. The molecule has 0 spiro atoms. The van der Waals surface area contributed by atoms with E-state index in [1.165, 1.54) is 6.42 Å². The second-order valence-electron chi connectivity index (χ2n) is 7.54. The molecule has 0 amide bonds. The lowest BCUT2D eigenvalue weighted by Crippen LogP contribution is -2.36. The second kappa shape index (κ2) is 11.3. The second-order valence-corrected chi connectivity index (χ2v) is 7.97. The van der Waals surface area contributed by atoms with E-state index in [1.807, 2.05) is 66.7 Å². The maximum atomic E-state index is 13.1. The minimum absolute atomic E-state index is 0. The van der Waals surface area contributed by atoms with E-state index in [0.717, 1.165) is 48.5 Å². The van der Waals surface area contributed by atoms with E-state index >= 15 is 0 Å². The Morgan fingerprint density at radius 2 is 1.52 bits per heavy atom. The maximum Gasteiger partial charge on any atom is 0.182 e. The Kier molecular flexibility index (Phi) is 8.44. The first-order valence-electron chi connectivity index (χ1n) is 10.5. The summed E-state index contributed by atoms with van der Waals surface area (Å²) in [4.78, 5) is 20.0. The molecule has 160 valence electrons. The summed E-state index contributed by atoms with van der Waals surface area (Å²) in [5.41, 5.74) is 3.92. The highest BCUT2D eigenvalue weighted by atomic mass is 79.9. The molecule has 0 bridgehead atoms. The zero-order valence-corrected chi connectivity index (χ0v) is 19.8. The monoisotopic (exact) mass is 496 g/mol. The van der Waals surface area contributed by atoms with Crippen molar-refractivity contribution in [2.45, 2.75) is 25.7 Å². The Morgan fingerprint density at radius 1 is 0.839 bits per heavy atom. The van der Waals surface area contributed by atoms with Gasteiger partial charge in [-0.15, -0.1) is 17.0 Å². The van der Waals surface area contributed by atoms with Gasteiger partial charge in [0.2, 0.25) is 0 Å². The van der Waals surface area contributed by atoms with Crippen LogP contribution in [-0.2, 0) is 0 Å². The number of ketones is 1. The van der Waals surface area contributed by atoms with Gasteiger partial charge in [-0.2, -0.15) is 0 Å². The number of halogens is 2. The van der Waals surface area contributed by atoms with Gasteiger partial charge >= 0.3 is 0 Å². The van der Waals surface area contributed by atoms with Crippen molar-refractivity contribution in [2.75, 3.05) is 18.0 Å². The van der Waals surface area contributed by atoms with Crippen LogP contribution in [0.3, 0.4) is 0 Å². The quantitative estimate of drug-likeness (QED) is 0.348. The molecule has 0 unspecified atom stereocenters. The number of benzene rings is 3. The van der Waals surface area contributed by atoms with Gasteiger partial charge in [-0.25, -0.2) is 0 Å². The highest BCUT2D eigenvalue weighted by molar-refractivity contribution is 8.93. The molecule has 0 radical (unpaired) electrons. The van der Waals surface area contributed by atoms with Crippen LogP contribution in [0.5, 0.6) is 0 Å². The van der Waals surface area contributed by atoms with Crippen LogP contribution in [0.25, 0.3) is 11.1 Å². The topological polar surface area (TPSA) is 32.7 Å². The number of carbonyl (C=O) groups is 1. The van der Waals surface area contributed by atoms with Crippen molar-refractivity contribution in [1.82, 2.24) is 0 Å². The first-order chi connectivity index (χ1) is 14.7. The third kappa shape index (κ3) is 6.05. The van der Waals surface area contributed by atoms with Crippen LogP contribution in [0.2, 0.25) is 5.02 Å². The van der Waals surface area contributed by atoms with Gasteiger partial charge < -0.3 is 4.90 Å². The summed E-state index contributed by atoms with van der Waals surface area (Å²) in [6.07, 6.45) is 4.27. The van der Waals surface area contributed by atoms with E-state index in [0.29, 0.717) is 10.6 Å². The molecule has 0 fully saturated rings. The Hall–Kier alpha value is -2.43. The fourth-order valence-electron chi connectivity index (χ4n) is 3.75. The molecule has 0 atom stereocenters. The average Bonchev–Trinajstić information content (AvgIpc) is 3.08. The fourth-order valence-corrected chi connectivity index (χ4v) is 3.87. The van der Waals surface area contributed by atoms with Crippen molar-refractivity contribution >= 4 is 45.9 Å². The van der Waals surface area contributed by atoms with Gasteiger partial charge in [-0.05, 0) is 48.2 Å². The summed E-state index contributed by atoms with van der Waals surface area (Å²) in [5, 5.41) is 0.685. The van der Waals surface area contributed by atoms with Crippen molar-refractivity contribution in [3.63, 3.8) is 0 Å². The maximum absolute atomic E-state index is 13.1. The fraction of sp³-hybridized carbons (Fsp3) is 0.231. The Labute approximate surface area is 199 Å². The number of carbonyl (C=O) groups excluding carboxylic acids is 1. The van der Waals surface area contributed by atoms with E-state index in [9.17, 15) is 4.79 Å². The highest BCUT2D eigenvalue weighted by Gasteiger charge is 2.19. The smallest absolute Gasteiger partial charge is 0.182 e. The molecule has 1 aliphatic heterocycles. The first kappa shape index (κ1) is 23.2. The van der Waals surface area contributed by atoms with Crippen molar-refractivity contribution in [2.24, 2.45) is 4.99 Å². The van der Waals surface area contributed by atoms with Crippen LogP contribution in [0.4, 0.5) is 5.69 Å². The SMILES string of the molecule is Br.O=C(CN(C1=NCCCCC1)c1ccc(Cl)cc1)c1ccc(-c2ccccc2)cc1. The molecule has 5 heteroatoms. The molecule has 3 nitrogen and oxygen atoms in total. The van der Waals surface area contributed by atoms with Gasteiger partial charge in [0.1, 0.15) is 5.84 Å². The summed E-state index contributed by atoms with van der Waals surface area (Å²) in [6.45, 7) is 1.09. The molecule has 0 N–H and O–H groups in total. The summed E-state index contributed by atoms with van der Waals surface area (Å²) >= 11 is 6.08. The number of amidine groups is 1. The number of nitrogens with zero attached hydrogens (tertiary/aromatic N) is 2. The predicted octanol–water partition coefficient (Wildman–Crippen LogP) is 7.25. The zero-order valence-electron chi connectivity index (χ0n) is 17.3. The predicted molar refractivity (Wildman–Crippen MR) is 136 cm³/mol. The standard InChI is InChI=1S/C26H25ClN2O.BrH/c27-23-14-16-24(17-15-23)29(26-9-5-2-6-18-28-26)19-25(30)22-12-10-21(11-13-22)20-7-3-1-4-8-20;/h1,3-4,7-8,10-17H,2,5-6,9,18-19H2;1H. The van der Waals surface area contributed by atoms with Gasteiger partial charge in [-0.3, -0.25) is 9.79 Å². The molecule has 0 saturated carbocycles. The van der Waals surface area contributed by atoms with Gasteiger partial charge in [0, 0.05) is 29.2 Å². The number of Topliss-reactive ketones (excluding diaryl/α,β-unsaturated/α-hetero) is 1. The van der Waals surface area contributed by atoms with Gasteiger partial charge in [0.25, 0.3) is 0 Å². The third-order valence-corrected chi connectivity index (χ3v) is 5.67. The van der Waals surface area contributed by atoms with Crippen molar-refractivity contribution in [1.29, 1.82) is 0 Å². The molecule has 1 aliphatic rings. The molecule has 1 heterocycles. The summed E-state index contributed by atoms with van der Waals surface area (Å²) in [7, 11) is 0. The summed E-state index contributed by atoms with van der Waals surface area (Å²) in [6, 6.07) is 25.7. The van der Waals surface area contributed by atoms with Crippen molar-refractivity contribution < 1.29 is 4.79 Å². The lowest BCUT2D eigenvalue weighted by atomic mass is 10.0. The Morgan fingerprint density at radius 3 is 2.23 bits per heavy atom. The van der Waals surface area contributed by atoms with E-state index in [2.05, 4.69) is 17.0 Å². The molecule has 3 aromatic carbocycles. The molecule has 0 saturated heterocycles. The Balaban J connectivity index is 0.00000272. The van der Waals surface area contributed by atoms with E-state index in [-0.39, 0.29) is 29.3 Å². The molecular formula is C26H26BrClN2O. The van der Waals surface area contributed by atoms with E-state index < -0.39 is 0 Å². The summed E-state index contributed by atoms with van der Waals surface area (Å²) < 4.78 is 0. The molecular weight excluding hydrogens is 472 g/mol. The van der Waals surface area contributed by atoms with Crippen LogP contribution in [0.1, 0.15) is 36.0 Å². The van der Waals surface area contributed by atoms with Crippen molar-refractivity contribution in [3.8, 4) is 11.1 Å². The molecule has 0 aromatic heterocycles. The molecule has 0 aliphatic carbocycles. The lowest BCUT2D eigenvalue weighted by Gasteiger charge is -2.25. The molecule has 4 rings (SSSR count). The molecule has 3 aromatic rings. The number of hydrogen-bond acceptors (Lipinski definition) is 3. The largest absolute Gasteiger partial charge is 0.322 e. The Bertz CT molecular complexity index is 1020. The summed E-state index contributed by atoms with van der Waals surface area (Å²) in [5.74, 6) is 1.07. The van der Waals surface area contributed by atoms with Gasteiger partial charge in [-0.1, -0.05) is 72.6 Å². The minimum Gasteiger partial charge on any atom is -0.322 e. The minimum atomic E-state index is 0. The zero-order chi connectivity index (χ0) is 20.8. The van der Waals surface area contributed by atoms with Crippen LogP contribution < -0.4 is 4.90 Å². The van der Waals surface area contributed by atoms with Gasteiger partial charge in [0.05, 0.1) is 6.54 Å². The normalized spacial score (nSPS) is 13.5. The van der Waals surface area contributed by atoms with Crippen LogP contribution >= 0.6 is 28.6 Å². The first-order valence-corrected chi connectivity index (χ1v) is 10.8. The number of rotatable bonds is 5. The van der Waals surface area contributed by atoms with E-state index in [4.69, 9.17) is 16.6 Å².